The molecule has 3 aliphatic heterocycles. The second-order valence-corrected chi connectivity index (χ2v) is 10.7. The van der Waals surface area contributed by atoms with Crippen molar-refractivity contribution in [1.82, 2.24) is 15.1 Å². The van der Waals surface area contributed by atoms with E-state index in [-0.39, 0.29) is 29.5 Å². The normalized spacial score (nSPS) is 30.1. The summed E-state index contributed by atoms with van der Waals surface area (Å²) in [5, 5.41) is 3.55. The monoisotopic (exact) mass is 514 g/mol. The van der Waals surface area contributed by atoms with Gasteiger partial charge in [-0.25, -0.2) is 0 Å². The summed E-state index contributed by atoms with van der Waals surface area (Å²) < 4.78 is 5.88. The first-order valence-corrected chi connectivity index (χ1v) is 11.8. The van der Waals surface area contributed by atoms with Gasteiger partial charge in [-0.1, -0.05) is 0 Å². The number of hydrogen-bond donors (Lipinski definition) is 1. The lowest BCUT2D eigenvalue weighted by molar-refractivity contribution is -0.0105. The highest BCUT2D eigenvalue weighted by atomic mass is 127. The summed E-state index contributed by atoms with van der Waals surface area (Å²) in [5.74, 6) is 4.76. The molecule has 26 heavy (non-hydrogen) atoms. The number of morpholine rings is 1. The molecule has 1 atom stereocenters. The van der Waals surface area contributed by atoms with E-state index in [4.69, 9.17) is 9.73 Å². The third-order valence-corrected chi connectivity index (χ3v) is 7.88. The number of ether oxygens (including phenoxy) is 1. The minimum Gasteiger partial charge on any atom is -0.379 e. The predicted molar refractivity (Wildman–Crippen MR) is 127 cm³/mol. The van der Waals surface area contributed by atoms with Crippen LogP contribution in [0.25, 0.3) is 0 Å². The molecular weight excluding hydrogens is 479 g/mol. The second kappa shape index (κ2) is 10.4. The van der Waals surface area contributed by atoms with Crippen molar-refractivity contribution in [3.8, 4) is 0 Å². The minimum atomic E-state index is 0. The zero-order chi connectivity index (χ0) is 17.8. The van der Waals surface area contributed by atoms with Crippen LogP contribution in [-0.2, 0) is 4.74 Å². The van der Waals surface area contributed by atoms with Gasteiger partial charge in [0.1, 0.15) is 0 Å². The van der Waals surface area contributed by atoms with Gasteiger partial charge in [0.25, 0.3) is 0 Å². The van der Waals surface area contributed by atoms with Gasteiger partial charge in [-0.15, -0.1) is 24.0 Å². The predicted octanol–water partition coefficient (Wildman–Crippen LogP) is 2.61. The third kappa shape index (κ3) is 5.81. The van der Waals surface area contributed by atoms with Gasteiger partial charge in [0.15, 0.2) is 5.96 Å². The maximum absolute atomic E-state index is 5.58. The summed E-state index contributed by atoms with van der Waals surface area (Å²) in [6.07, 6.45) is 1.25. The van der Waals surface area contributed by atoms with E-state index in [1.54, 1.807) is 0 Å². The maximum Gasteiger partial charge on any atom is 0.194 e. The number of aliphatic imine (C=N–C) groups is 1. The standard InChI is InChI=1S/C18H34N4OS2.HI/c1-4-19-16(21-8-12-25-17(2,3)14-21)20-13-18(5-11-24-15-18)22-6-9-23-10-7-22;/h4-15H2,1-3H3,(H,19,20);1H. The van der Waals surface area contributed by atoms with Crippen LogP contribution in [0, 0.1) is 0 Å². The molecule has 0 bridgehead atoms. The molecule has 5 nitrogen and oxygen atoms in total. The molecule has 0 saturated carbocycles. The van der Waals surface area contributed by atoms with Crippen molar-refractivity contribution in [2.45, 2.75) is 37.5 Å². The fraction of sp³-hybridized carbons (Fsp3) is 0.944. The second-order valence-electron chi connectivity index (χ2n) is 7.83. The minimum absolute atomic E-state index is 0. The number of thioether (sulfide) groups is 2. The van der Waals surface area contributed by atoms with Gasteiger partial charge in [0.2, 0.25) is 0 Å². The molecule has 152 valence electrons. The molecule has 0 spiro atoms. The summed E-state index contributed by atoms with van der Waals surface area (Å²) in [4.78, 5) is 10.3. The summed E-state index contributed by atoms with van der Waals surface area (Å²) in [5.41, 5.74) is 0.231. The van der Waals surface area contributed by atoms with Crippen LogP contribution in [0.1, 0.15) is 27.2 Å². The molecular formula is C18H35IN4OS2. The highest BCUT2D eigenvalue weighted by Crippen LogP contribution is 2.35. The first-order chi connectivity index (χ1) is 12.0. The number of nitrogens with zero attached hydrogens (tertiary/aromatic N) is 3. The summed E-state index contributed by atoms with van der Waals surface area (Å²) in [6, 6.07) is 0. The Hall–Kier alpha value is 0.620. The average molecular weight is 515 g/mol. The fourth-order valence-corrected chi connectivity index (χ4v) is 6.53. The van der Waals surface area contributed by atoms with Crippen LogP contribution < -0.4 is 5.32 Å². The first-order valence-electron chi connectivity index (χ1n) is 9.62. The van der Waals surface area contributed by atoms with E-state index in [1.165, 1.54) is 23.7 Å². The highest BCUT2D eigenvalue weighted by molar-refractivity contribution is 14.0. The lowest BCUT2D eigenvalue weighted by Crippen LogP contribution is -2.56. The topological polar surface area (TPSA) is 40.1 Å². The van der Waals surface area contributed by atoms with Crippen molar-refractivity contribution in [2.75, 3.05) is 69.7 Å². The number of halogens is 1. The van der Waals surface area contributed by atoms with Crippen molar-refractivity contribution in [1.29, 1.82) is 0 Å². The zero-order valence-corrected chi connectivity index (χ0v) is 20.4. The van der Waals surface area contributed by atoms with Gasteiger partial charge in [-0.3, -0.25) is 9.89 Å². The lowest BCUT2D eigenvalue weighted by Gasteiger charge is -2.43. The molecule has 0 aromatic carbocycles. The van der Waals surface area contributed by atoms with Gasteiger partial charge in [0, 0.05) is 49.0 Å². The molecule has 3 fully saturated rings. The number of nitrogens with one attached hydrogen (secondary N) is 1. The lowest BCUT2D eigenvalue weighted by atomic mass is 9.96. The zero-order valence-electron chi connectivity index (χ0n) is 16.5. The summed E-state index contributed by atoms with van der Waals surface area (Å²) >= 11 is 4.16. The van der Waals surface area contributed by atoms with Gasteiger partial charge in [0.05, 0.1) is 25.3 Å². The number of rotatable bonds is 4. The van der Waals surface area contributed by atoms with Crippen molar-refractivity contribution in [3.63, 3.8) is 0 Å². The largest absolute Gasteiger partial charge is 0.379 e. The van der Waals surface area contributed by atoms with Crippen molar-refractivity contribution >= 4 is 53.5 Å². The van der Waals surface area contributed by atoms with Crippen molar-refractivity contribution in [3.05, 3.63) is 0 Å². The smallest absolute Gasteiger partial charge is 0.194 e. The maximum atomic E-state index is 5.58. The SMILES string of the molecule is CCNC(=NCC1(N2CCOCC2)CCSC1)N1CCSC(C)(C)C1.I. The number of guanidine groups is 1. The quantitative estimate of drug-likeness (QED) is 0.354. The molecule has 1 unspecified atom stereocenters. The van der Waals surface area contributed by atoms with Crippen LogP contribution in [0.3, 0.4) is 0 Å². The molecule has 0 aromatic heterocycles. The summed E-state index contributed by atoms with van der Waals surface area (Å²) in [6.45, 7) is 14.7. The Bertz CT molecular complexity index is 466. The van der Waals surface area contributed by atoms with E-state index in [0.717, 1.165) is 58.4 Å². The first kappa shape index (κ1) is 22.9. The molecule has 3 saturated heterocycles. The van der Waals surface area contributed by atoms with E-state index >= 15 is 0 Å². The average Bonchev–Trinajstić information content (AvgIpc) is 3.09. The molecule has 1 N–H and O–H groups in total. The Balaban J connectivity index is 0.00000243. The van der Waals surface area contributed by atoms with Gasteiger partial charge >= 0.3 is 0 Å². The molecule has 8 heteroatoms. The van der Waals surface area contributed by atoms with E-state index in [2.05, 4.69) is 59.4 Å². The van der Waals surface area contributed by atoms with Gasteiger partial charge < -0.3 is 15.0 Å². The van der Waals surface area contributed by atoms with Crippen LogP contribution >= 0.6 is 47.5 Å². The molecule has 3 heterocycles. The van der Waals surface area contributed by atoms with Crippen LogP contribution in [-0.4, -0.2) is 95.8 Å². The Morgan fingerprint density at radius 1 is 1.19 bits per heavy atom. The molecule has 3 aliphatic rings. The van der Waals surface area contributed by atoms with E-state index in [0.29, 0.717) is 4.75 Å². The Kier molecular flexibility index (Phi) is 9.17. The van der Waals surface area contributed by atoms with Crippen LogP contribution in [0.4, 0.5) is 0 Å². The van der Waals surface area contributed by atoms with Crippen LogP contribution in [0.2, 0.25) is 0 Å². The van der Waals surface area contributed by atoms with E-state index < -0.39 is 0 Å². The van der Waals surface area contributed by atoms with E-state index in [9.17, 15) is 0 Å². The van der Waals surface area contributed by atoms with Gasteiger partial charge in [-0.2, -0.15) is 23.5 Å². The number of hydrogen-bond acceptors (Lipinski definition) is 5. The Morgan fingerprint density at radius 3 is 2.58 bits per heavy atom. The van der Waals surface area contributed by atoms with E-state index in [1.807, 2.05) is 0 Å². The van der Waals surface area contributed by atoms with Crippen LogP contribution in [0.15, 0.2) is 4.99 Å². The molecule has 0 amide bonds. The third-order valence-electron chi connectivity index (χ3n) is 5.35. The summed E-state index contributed by atoms with van der Waals surface area (Å²) in [7, 11) is 0. The fourth-order valence-electron chi connectivity index (χ4n) is 3.95. The Morgan fingerprint density at radius 2 is 1.96 bits per heavy atom. The van der Waals surface area contributed by atoms with Crippen molar-refractivity contribution in [2.24, 2.45) is 4.99 Å². The molecule has 0 aromatic rings. The van der Waals surface area contributed by atoms with Gasteiger partial charge in [-0.05, 0) is 32.9 Å². The molecule has 0 radical (unpaired) electrons. The van der Waals surface area contributed by atoms with Crippen LogP contribution in [0.5, 0.6) is 0 Å². The Labute approximate surface area is 184 Å². The molecule has 3 rings (SSSR count). The molecule has 0 aliphatic carbocycles. The van der Waals surface area contributed by atoms with Crippen molar-refractivity contribution < 1.29 is 4.74 Å². The highest BCUT2D eigenvalue weighted by Gasteiger charge is 2.41.